The third kappa shape index (κ3) is 7.19. The van der Waals surface area contributed by atoms with Crippen molar-refractivity contribution in [2.75, 3.05) is 12.0 Å². The number of carbonyl (C=O) groups excluding carboxylic acids is 1. The molecule has 0 rings (SSSR count). The van der Waals surface area contributed by atoms with Crippen LogP contribution in [-0.4, -0.2) is 22.7 Å². The molecule has 1 atom stereocenters. The van der Waals surface area contributed by atoms with Crippen molar-refractivity contribution in [1.29, 1.82) is 0 Å². The monoisotopic (exact) mass is 275 g/mol. The fraction of sp³-hybridized carbons (Fsp3) is 0.800. The standard InChI is InChI=1S/C5H10BrNOS.Zn/c1-9-3-2-4(7)5(6)8;/h4H,2-3,7H2,1H3;/t4-;/m0./s1. The van der Waals surface area contributed by atoms with Crippen molar-refractivity contribution in [3.63, 3.8) is 0 Å². The first kappa shape index (κ1) is 13.7. The smallest absolute Gasteiger partial charge is 0.214 e. The van der Waals surface area contributed by atoms with E-state index in [0.29, 0.717) is 0 Å². The van der Waals surface area contributed by atoms with Crippen LogP contribution in [-0.2, 0) is 24.3 Å². The van der Waals surface area contributed by atoms with Crippen LogP contribution in [0.15, 0.2) is 0 Å². The Kier molecular flexibility index (Phi) is 11.2. The Hall–Kier alpha value is 1.08. The molecule has 2 nitrogen and oxygen atoms in total. The number of hydrogen-bond acceptors (Lipinski definition) is 3. The van der Waals surface area contributed by atoms with Crippen LogP contribution in [0.3, 0.4) is 0 Å². The first-order chi connectivity index (χ1) is 4.18. The van der Waals surface area contributed by atoms with Crippen LogP contribution in [0.4, 0.5) is 0 Å². The summed E-state index contributed by atoms with van der Waals surface area (Å²) >= 11 is 4.49. The summed E-state index contributed by atoms with van der Waals surface area (Å²) in [5, 5.41) is 0. The van der Waals surface area contributed by atoms with E-state index in [2.05, 4.69) is 15.9 Å². The zero-order valence-electron chi connectivity index (χ0n) is 5.97. The molecular weight excluding hydrogens is 267 g/mol. The molecular formula is C5H10BrNOSZn. The van der Waals surface area contributed by atoms with Gasteiger partial charge in [0.25, 0.3) is 0 Å². The summed E-state index contributed by atoms with van der Waals surface area (Å²) < 4.78 is -0.100. The van der Waals surface area contributed by atoms with Crippen LogP contribution in [0.25, 0.3) is 0 Å². The molecule has 0 aromatic heterocycles. The number of carbonyl (C=O) groups is 1. The van der Waals surface area contributed by atoms with E-state index >= 15 is 0 Å². The summed E-state index contributed by atoms with van der Waals surface area (Å²) in [4.78, 5) is 10.4. The summed E-state index contributed by atoms with van der Waals surface area (Å²) in [6, 6.07) is -0.322. The van der Waals surface area contributed by atoms with Crippen molar-refractivity contribution in [2.24, 2.45) is 5.73 Å². The number of hydrogen-bond donors (Lipinski definition) is 1. The molecule has 0 radical (unpaired) electrons. The summed E-state index contributed by atoms with van der Waals surface area (Å²) in [6.07, 6.45) is 2.75. The largest absolute Gasteiger partial charge is 0.321 e. The molecule has 0 saturated heterocycles. The molecule has 2 N–H and O–H groups in total. The van der Waals surface area contributed by atoms with Crippen LogP contribution in [0, 0.1) is 0 Å². The van der Waals surface area contributed by atoms with Crippen molar-refractivity contribution in [1.82, 2.24) is 0 Å². The Bertz CT molecular complexity index is 104. The van der Waals surface area contributed by atoms with Crippen LogP contribution in [0.2, 0.25) is 0 Å². The molecule has 0 bridgehead atoms. The molecule has 0 spiro atoms. The topological polar surface area (TPSA) is 43.1 Å². The summed E-state index contributed by atoms with van der Waals surface area (Å²) in [5.41, 5.74) is 5.39. The second kappa shape index (κ2) is 8.18. The zero-order valence-corrected chi connectivity index (χ0v) is 11.3. The van der Waals surface area contributed by atoms with E-state index < -0.39 is 0 Å². The van der Waals surface area contributed by atoms with E-state index in [1.807, 2.05) is 6.26 Å². The predicted octanol–water partition coefficient (Wildman–Crippen LogP) is 0.986. The van der Waals surface area contributed by atoms with Gasteiger partial charge in [-0.2, -0.15) is 11.8 Å². The van der Waals surface area contributed by atoms with Gasteiger partial charge in [0.2, 0.25) is 4.69 Å². The van der Waals surface area contributed by atoms with Gasteiger partial charge in [0, 0.05) is 19.5 Å². The van der Waals surface area contributed by atoms with Crippen LogP contribution in [0.1, 0.15) is 6.42 Å². The van der Waals surface area contributed by atoms with Gasteiger partial charge in [-0.3, -0.25) is 4.79 Å². The quantitative estimate of drug-likeness (QED) is 0.615. The van der Waals surface area contributed by atoms with Gasteiger partial charge in [-0.15, -0.1) is 0 Å². The molecule has 0 unspecified atom stereocenters. The molecule has 0 aliphatic carbocycles. The van der Waals surface area contributed by atoms with E-state index in [9.17, 15) is 4.79 Å². The third-order valence-electron chi connectivity index (χ3n) is 0.924. The first-order valence-electron chi connectivity index (χ1n) is 2.62. The normalized spacial score (nSPS) is 11.9. The Labute approximate surface area is 86.6 Å². The summed E-state index contributed by atoms with van der Waals surface area (Å²) in [7, 11) is 0. The van der Waals surface area contributed by atoms with Gasteiger partial charge in [-0.25, -0.2) is 0 Å². The third-order valence-corrected chi connectivity index (χ3v) is 2.16. The minimum atomic E-state index is -0.322. The van der Waals surface area contributed by atoms with Crippen molar-refractivity contribution in [3.05, 3.63) is 0 Å². The number of thioether (sulfide) groups is 1. The minimum absolute atomic E-state index is 0. The summed E-state index contributed by atoms with van der Waals surface area (Å²) in [5.74, 6) is 0.943. The molecule has 0 amide bonds. The Morgan fingerprint density at radius 2 is 2.30 bits per heavy atom. The maximum Gasteiger partial charge on any atom is 0.214 e. The number of rotatable bonds is 4. The van der Waals surface area contributed by atoms with Gasteiger partial charge in [0.1, 0.15) is 0 Å². The van der Waals surface area contributed by atoms with Gasteiger partial charge in [0.15, 0.2) is 0 Å². The first-order valence-corrected chi connectivity index (χ1v) is 4.81. The van der Waals surface area contributed by atoms with E-state index in [-0.39, 0.29) is 30.2 Å². The van der Waals surface area contributed by atoms with Crippen molar-refractivity contribution >= 4 is 32.4 Å². The Morgan fingerprint density at radius 1 is 1.80 bits per heavy atom. The van der Waals surface area contributed by atoms with Crippen LogP contribution < -0.4 is 5.73 Å². The number of halogens is 1. The minimum Gasteiger partial charge on any atom is -0.321 e. The molecule has 0 aromatic rings. The average Bonchev–Trinajstić information content (AvgIpc) is 1.82. The molecule has 5 heteroatoms. The fourth-order valence-electron chi connectivity index (χ4n) is 0.358. The maximum absolute atomic E-state index is 10.4. The Balaban J connectivity index is 0. The van der Waals surface area contributed by atoms with Crippen molar-refractivity contribution in [2.45, 2.75) is 12.5 Å². The van der Waals surface area contributed by atoms with E-state index in [1.165, 1.54) is 0 Å². The molecule has 0 saturated carbocycles. The van der Waals surface area contributed by atoms with Gasteiger partial charge in [0.05, 0.1) is 6.04 Å². The van der Waals surface area contributed by atoms with Crippen molar-refractivity contribution in [3.8, 4) is 0 Å². The molecule has 56 valence electrons. The summed E-state index contributed by atoms with van der Waals surface area (Å²) in [6.45, 7) is 0. The van der Waals surface area contributed by atoms with Crippen LogP contribution in [0.5, 0.6) is 0 Å². The second-order valence-electron chi connectivity index (χ2n) is 1.69. The number of nitrogens with two attached hydrogens (primary N) is 1. The van der Waals surface area contributed by atoms with E-state index in [1.54, 1.807) is 11.8 Å². The average molecular weight is 278 g/mol. The maximum atomic E-state index is 10.4. The van der Waals surface area contributed by atoms with Gasteiger partial charge in [-0.05, 0) is 34.4 Å². The fourth-order valence-corrected chi connectivity index (χ4v) is 1.08. The molecule has 0 aliphatic heterocycles. The molecule has 0 heterocycles. The Morgan fingerprint density at radius 3 is 2.60 bits per heavy atom. The van der Waals surface area contributed by atoms with Crippen molar-refractivity contribution < 1.29 is 24.3 Å². The molecule has 10 heavy (non-hydrogen) atoms. The van der Waals surface area contributed by atoms with E-state index in [0.717, 1.165) is 12.2 Å². The molecule has 0 aromatic carbocycles. The van der Waals surface area contributed by atoms with Gasteiger partial charge >= 0.3 is 0 Å². The predicted molar refractivity (Wildman–Crippen MR) is 44.9 cm³/mol. The SMILES string of the molecule is CSCC[C@H](N)C(=O)Br.[Zn]. The molecule has 0 aliphatic rings. The van der Waals surface area contributed by atoms with Gasteiger partial charge in [-0.1, -0.05) is 0 Å². The van der Waals surface area contributed by atoms with E-state index in [4.69, 9.17) is 5.73 Å². The molecule has 0 fully saturated rings. The second-order valence-corrected chi connectivity index (χ2v) is 3.46. The van der Waals surface area contributed by atoms with Crippen LogP contribution >= 0.6 is 27.7 Å². The zero-order chi connectivity index (χ0) is 7.28. The van der Waals surface area contributed by atoms with Gasteiger partial charge < -0.3 is 5.73 Å².